The second kappa shape index (κ2) is 7.77. The summed E-state index contributed by atoms with van der Waals surface area (Å²) in [5.41, 5.74) is 4.32. The maximum atomic E-state index is 12.5. The van der Waals surface area contributed by atoms with Gasteiger partial charge in [-0.25, -0.2) is 0 Å². The van der Waals surface area contributed by atoms with Crippen LogP contribution >= 0.6 is 0 Å². The number of nitrogens with one attached hydrogen (secondary N) is 1. The van der Waals surface area contributed by atoms with E-state index in [0.29, 0.717) is 24.6 Å². The van der Waals surface area contributed by atoms with Crippen LogP contribution in [-0.4, -0.2) is 17.7 Å². The zero-order valence-corrected chi connectivity index (χ0v) is 14.3. The van der Waals surface area contributed by atoms with E-state index in [1.165, 1.54) is 0 Å². The molecule has 1 N–H and O–H groups in total. The highest BCUT2D eigenvalue weighted by Crippen LogP contribution is 2.21. The normalized spacial score (nSPS) is 10.6. The van der Waals surface area contributed by atoms with Crippen molar-refractivity contribution in [1.29, 1.82) is 0 Å². The molecule has 5 nitrogen and oxygen atoms in total. The van der Waals surface area contributed by atoms with Gasteiger partial charge < -0.3 is 14.6 Å². The van der Waals surface area contributed by atoms with E-state index in [2.05, 4.69) is 10.5 Å². The highest BCUT2D eigenvalue weighted by atomic mass is 16.5. The largest absolute Gasteiger partial charge is 0.377 e. The molecule has 0 unspecified atom stereocenters. The van der Waals surface area contributed by atoms with Crippen LogP contribution in [0.15, 0.2) is 59.1 Å². The monoisotopic (exact) mass is 336 g/mol. The van der Waals surface area contributed by atoms with Crippen molar-refractivity contribution in [2.45, 2.75) is 20.5 Å². The van der Waals surface area contributed by atoms with Crippen molar-refractivity contribution in [2.24, 2.45) is 0 Å². The van der Waals surface area contributed by atoms with Crippen molar-refractivity contribution < 1.29 is 14.1 Å². The van der Waals surface area contributed by atoms with Crippen molar-refractivity contribution in [2.75, 3.05) is 11.9 Å². The average molecular weight is 336 g/mol. The first-order valence-corrected chi connectivity index (χ1v) is 8.18. The third-order valence-corrected chi connectivity index (χ3v) is 3.81. The summed E-state index contributed by atoms with van der Waals surface area (Å²) < 4.78 is 10.6. The number of hydrogen-bond acceptors (Lipinski definition) is 4. The number of rotatable bonds is 6. The molecule has 1 amide bonds. The van der Waals surface area contributed by atoms with Crippen LogP contribution in [0, 0.1) is 6.92 Å². The minimum atomic E-state index is -0.338. The third-order valence-electron chi connectivity index (χ3n) is 3.81. The van der Waals surface area contributed by atoms with Gasteiger partial charge in [0, 0.05) is 29.5 Å². The Hall–Kier alpha value is -2.92. The molecular weight excluding hydrogens is 316 g/mol. The van der Waals surface area contributed by atoms with Crippen LogP contribution in [0.3, 0.4) is 0 Å². The lowest BCUT2D eigenvalue weighted by Crippen LogP contribution is -2.12. The quantitative estimate of drug-likeness (QED) is 0.723. The number of carbonyl (C=O) groups is 1. The zero-order chi connectivity index (χ0) is 17.6. The summed E-state index contributed by atoms with van der Waals surface area (Å²) in [6, 6.07) is 17.1. The number of aryl methyl sites for hydroxylation is 1. The molecule has 0 spiro atoms. The Bertz CT molecular complexity index is 853. The van der Waals surface area contributed by atoms with Crippen molar-refractivity contribution in [3.63, 3.8) is 0 Å². The van der Waals surface area contributed by atoms with Crippen LogP contribution in [0.5, 0.6) is 0 Å². The van der Waals surface area contributed by atoms with Crippen LogP contribution < -0.4 is 5.32 Å². The predicted molar refractivity (Wildman–Crippen MR) is 96.4 cm³/mol. The molecule has 128 valence electrons. The molecule has 25 heavy (non-hydrogen) atoms. The first-order valence-electron chi connectivity index (χ1n) is 8.18. The summed E-state index contributed by atoms with van der Waals surface area (Å²) in [5.74, 6) is -0.170. The minimum absolute atomic E-state index is 0.168. The number of carbonyl (C=O) groups excluding carboxylic acids is 1. The summed E-state index contributed by atoms with van der Waals surface area (Å²) in [6.45, 7) is 5.01. The van der Waals surface area contributed by atoms with Gasteiger partial charge in [0.2, 0.25) is 5.76 Å². The lowest BCUT2D eigenvalue weighted by Gasteiger charge is -2.09. The Morgan fingerprint density at radius 2 is 1.92 bits per heavy atom. The third kappa shape index (κ3) is 4.14. The molecule has 0 atom stereocenters. The van der Waals surface area contributed by atoms with E-state index in [-0.39, 0.29) is 11.7 Å². The number of para-hydroxylation sites is 1. The Morgan fingerprint density at radius 1 is 1.16 bits per heavy atom. The lowest BCUT2D eigenvalue weighted by atomic mass is 10.1. The molecule has 0 radical (unpaired) electrons. The van der Waals surface area contributed by atoms with Crippen LogP contribution in [0.2, 0.25) is 0 Å². The maximum Gasteiger partial charge on any atom is 0.294 e. The molecule has 0 bridgehead atoms. The number of ether oxygens (including phenoxy) is 1. The molecule has 0 aliphatic carbocycles. The standard InChI is InChI=1S/C20H20N2O3/c1-3-24-13-16-6-4-5-7-17(16)21-20(23)19-12-18(22-25-19)15-10-8-14(2)9-11-15/h4-12H,3,13H2,1-2H3,(H,21,23). The highest BCUT2D eigenvalue weighted by molar-refractivity contribution is 6.03. The number of nitrogens with zero attached hydrogens (tertiary/aromatic N) is 1. The van der Waals surface area contributed by atoms with Gasteiger partial charge in [-0.15, -0.1) is 0 Å². The molecule has 0 saturated heterocycles. The summed E-state index contributed by atoms with van der Waals surface area (Å²) in [7, 11) is 0. The summed E-state index contributed by atoms with van der Waals surface area (Å²) >= 11 is 0. The molecule has 0 saturated carbocycles. The van der Waals surface area contributed by atoms with Gasteiger partial charge in [0.1, 0.15) is 5.69 Å². The van der Waals surface area contributed by atoms with Crippen LogP contribution in [-0.2, 0) is 11.3 Å². The molecule has 0 aliphatic rings. The van der Waals surface area contributed by atoms with Gasteiger partial charge in [-0.05, 0) is 19.9 Å². The fourth-order valence-electron chi connectivity index (χ4n) is 2.41. The van der Waals surface area contributed by atoms with E-state index in [1.807, 2.05) is 62.4 Å². The van der Waals surface area contributed by atoms with Gasteiger partial charge in [0.05, 0.1) is 6.61 Å². The maximum absolute atomic E-state index is 12.5. The molecule has 3 aromatic rings. The second-order valence-electron chi connectivity index (χ2n) is 5.69. The first kappa shape index (κ1) is 16.9. The van der Waals surface area contributed by atoms with E-state index >= 15 is 0 Å². The number of benzene rings is 2. The van der Waals surface area contributed by atoms with E-state index in [1.54, 1.807) is 6.07 Å². The molecule has 5 heteroatoms. The topological polar surface area (TPSA) is 64.4 Å². The van der Waals surface area contributed by atoms with Crippen molar-refractivity contribution >= 4 is 11.6 Å². The SMILES string of the molecule is CCOCc1ccccc1NC(=O)c1cc(-c2ccc(C)cc2)no1. The Labute approximate surface area is 146 Å². The molecule has 1 aromatic heterocycles. The van der Waals surface area contributed by atoms with E-state index in [4.69, 9.17) is 9.26 Å². The number of hydrogen-bond donors (Lipinski definition) is 1. The van der Waals surface area contributed by atoms with Crippen molar-refractivity contribution in [1.82, 2.24) is 5.16 Å². The smallest absolute Gasteiger partial charge is 0.294 e. The molecule has 2 aromatic carbocycles. The first-order chi connectivity index (χ1) is 12.2. The Kier molecular flexibility index (Phi) is 5.26. The summed E-state index contributed by atoms with van der Waals surface area (Å²) in [5, 5.41) is 6.85. The Balaban J connectivity index is 1.75. The van der Waals surface area contributed by atoms with Crippen molar-refractivity contribution in [3.05, 3.63) is 71.5 Å². The fourth-order valence-corrected chi connectivity index (χ4v) is 2.41. The number of amides is 1. The minimum Gasteiger partial charge on any atom is -0.377 e. The van der Waals surface area contributed by atoms with Gasteiger partial charge in [-0.1, -0.05) is 53.2 Å². The molecular formula is C20H20N2O3. The van der Waals surface area contributed by atoms with Gasteiger partial charge in [-0.2, -0.15) is 0 Å². The average Bonchev–Trinajstić information content (AvgIpc) is 3.12. The zero-order valence-electron chi connectivity index (χ0n) is 14.3. The van der Waals surface area contributed by atoms with Gasteiger partial charge in [0.15, 0.2) is 0 Å². The van der Waals surface area contributed by atoms with E-state index in [9.17, 15) is 4.79 Å². The van der Waals surface area contributed by atoms with Gasteiger partial charge in [-0.3, -0.25) is 4.79 Å². The number of aromatic nitrogens is 1. The Morgan fingerprint density at radius 3 is 2.68 bits per heavy atom. The van der Waals surface area contributed by atoms with Crippen LogP contribution in [0.25, 0.3) is 11.3 Å². The second-order valence-corrected chi connectivity index (χ2v) is 5.69. The molecule has 0 aliphatic heterocycles. The number of anilines is 1. The fraction of sp³-hybridized carbons (Fsp3) is 0.200. The van der Waals surface area contributed by atoms with Gasteiger partial charge >= 0.3 is 0 Å². The van der Waals surface area contributed by atoms with Crippen LogP contribution in [0.4, 0.5) is 5.69 Å². The van der Waals surface area contributed by atoms with Crippen LogP contribution in [0.1, 0.15) is 28.6 Å². The van der Waals surface area contributed by atoms with Crippen molar-refractivity contribution in [3.8, 4) is 11.3 Å². The van der Waals surface area contributed by atoms with E-state index in [0.717, 1.165) is 16.7 Å². The molecule has 0 fully saturated rings. The highest BCUT2D eigenvalue weighted by Gasteiger charge is 2.15. The predicted octanol–water partition coefficient (Wildman–Crippen LogP) is 4.44. The van der Waals surface area contributed by atoms with Gasteiger partial charge in [0.25, 0.3) is 5.91 Å². The van der Waals surface area contributed by atoms with E-state index < -0.39 is 0 Å². The summed E-state index contributed by atoms with van der Waals surface area (Å²) in [6.07, 6.45) is 0. The molecule has 3 rings (SSSR count). The molecule has 1 heterocycles. The summed E-state index contributed by atoms with van der Waals surface area (Å²) in [4.78, 5) is 12.5. The lowest BCUT2D eigenvalue weighted by molar-refractivity contribution is 0.0987.